The molecule has 0 radical (unpaired) electrons. The number of carbonyl (C=O) groups is 3. The summed E-state index contributed by atoms with van der Waals surface area (Å²) in [6.45, 7) is 15.8. The zero-order chi connectivity index (χ0) is 49.3. The molecule has 69 heavy (non-hydrogen) atoms. The highest BCUT2D eigenvalue weighted by atomic mass is 32.1. The molecular weight excluding hydrogens is 883 g/mol. The third-order valence-corrected chi connectivity index (χ3v) is 14.0. The van der Waals surface area contributed by atoms with Gasteiger partial charge in [0, 0.05) is 32.5 Å². The number of aromatic nitrogens is 1. The molecule has 3 atom stereocenters. The summed E-state index contributed by atoms with van der Waals surface area (Å²) in [5.41, 5.74) is 10.1. The number of hydrogen-bond acceptors (Lipinski definition) is 9. The van der Waals surface area contributed by atoms with E-state index in [-0.39, 0.29) is 36.4 Å². The van der Waals surface area contributed by atoms with Crippen LogP contribution in [0.15, 0.2) is 109 Å². The molecule has 1 aliphatic heterocycles. The van der Waals surface area contributed by atoms with Gasteiger partial charge in [-0.15, -0.1) is 11.3 Å². The summed E-state index contributed by atoms with van der Waals surface area (Å²) in [5, 5.41) is 26.6. The van der Waals surface area contributed by atoms with Crippen LogP contribution < -0.4 is 15.4 Å². The first-order valence-electron chi connectivity index (χ1n) is 24.8. The maximum absolute atomic E-state index is 14.1. The van der Waals surface area contributed by atoms with E-state index in [1.165, 1.54) is 16.0 Å². The van der Waals surface area contributed by atoms with Crippen LogP contribution in [-0.4, -0.2) is 100 Å². The predicted molar refractivity (Wildman–Crippen MR) is 279 cm³/mol. The molecule has 1 aromatic heterocycles. The topological polar surface area (TPSA) is 144 Å². The minimum absolute atomic E-state index is 0.0480. The molecule has 3 amide bonds. The Labute approximate surface area is 414 Å². The molecule has 0 saturated carbocycles. The van der Waals surface area contributed by atoms with Gasteiger partial charge in [0.2, 0.25) is 17.7 Å². The fourth-order valence-corrected chi connectivity index (χ4v) is 9.91. The number of β-amino-alcohol motifs (C(OH)–C–C–N with tert-alkyl or cyclic N) is 1. The number of benzene rings is 4. The monoisotopic (exact) mass is 956 g/mol. The number of aromatic hydroxyl groups is 1. The molecule has 0 spiro atoms. The van der Waals surface area contributed by atoms with Gasteiger partial charge in [-0.25, -0.2) is 4.98 Å². The molecule has 1 fully saturated rings. The summed E-state index contributed by atoms with van der Waals surface area (Å²) < 4.78 is 6.22. The Morgan fingerprint density at radius 2 is 1.52 bits per heavy atom. The highest BCUT2D eigenvalue weighted by molar-refractivity contribution is 7.13. The van der Waals surface area contributed by atoms with Gasteiger partial charge in [0.1, 0.15) is 30.2 Å². The second kappa shape index (κ2) is 25.7. The number of carbonyl (C=O) groups excluding carboxylic acids is 3. The molecular formula is C57H73N5O6S. The van der Waals surface area contributed by atoms with Gasteiger partial charge in [0.25, 0.3) is 0 Å². The van der Waals surface area contributed by atoms with E-state index < -0.39 is 23.6 Å². The molecule has 11 nitrogen and oxygen atoms in total. The van der Waals surface area contributed by atoms with Crippen molar-refractivity contribution < 1.29 is 29.3 Å². The van der Waals surface area contributed by atoms with Gasteiger partial charge < -0.3 is 35.4 Å². The van der Waals surface area contributed by atoms with Crippen molar-refractivity contribution in [3.8, 4) is 21.9 Å². The van der Waals surface area contributed by atoms with Crippen LogP contribution in [0.5, 0.6) is 11.5 Å². The van der Waals surface area contributed by atoms with Crippen molar-refractivity contribution in [1.29, 1.82) is 0 Å². The van der Waals surface area contributed by atoms with Crippen LogP contribution in [0, 0.1) is 12.3 Å². The van der Waals surface area contributed by atoms with Gasteiger partial charge in [-0.1, -0.05) is 133 Å². The molecule has 2 heterocycles. The third kappa shape index (κ3) is 15.1. The molecule has 12 heteroatoms. The predicted octanol–water partition coefficient (Wildman–Crippen LogP) is 10.1. The molecule has 0 unspecified atom stereocenters. The fraction of sp³-hybridized carbons (Fsp3) is 0.439. The van der Waals surface area contributed by atoms with Crippen molar-refractivity contribution in [3.05, 3.63) is 137 Å². The van der Waals surface area contributed by atoms with Crippen LogP contribution in [0.4, 0.5) is 0 Å². The van der Waals surface area contributed by atoms with E-state index in [2.05, 4.69) is 95.0 Å². The number of likely N-dealkylation sites (tertiary alicyclic amines) is 1. The van der Waals surface area contributed by atoms with Crippen LogP contribution in [-0.2, 0) is 20.8 Å². The van der Waals surface area contributed by atoms with Crippen LogP contribution in [0.1, 0.15) is 114 Å². The van der Waals surface area contributed by atoms with Crippen molar-refractivity contribution in [3.63, 3.8) is 0 Å². The highest BCUT2D eigenvalue weighted by Gasteiger charge is 2.44. The molecule has 4 N–H and O–H groups in total. The first-order chi connectivity index (χ1) is 33.2. The Balaban J connectivity index is 0.892. The lowest BCUT2D eigenvalue weighted by molar-refractivity contribution is -0.144. The van der Waals surface area contributed by atoms with Crippen molar-refractivity contribution in [2.45, 2.75) is 118 Å². The second-order valence-electron chi connectivity index (χ2n) is 19.2. The number of phenols is 1. The number of phenolic OH excluding ortho intramolecular Hbond substituents is 1. The Kier molecular flexibility index (Phi) is 19.6. The maximum Gasteiger partial charge on any atom is 0.246 e. The molecule has 0 bridgehead atoms. The normalized spacial score (nSPS) is 15.7. The molecule has 6 rings (SSSR count). The number of ether oxygens (including phenoxy) is 1. The zero-order valence-corrected chi connectivity index (χ0v) is 42.3. The van der Waals surface area contributed by atoms with Gasteiger partial charge in [0.05, 0.1) is 22.2 Å². The van der Waals surface area contributed by atoms with Crippen molar-refractivity contribution in [1.82, 2.24) is 25.4 Å². The number of aliphatic hydroxyl groups excluding tert-OH is 1. The highest BCUT2D eigenvalue weighted by Crippen LogP contribution is 2.36. The number of aryl methyl sites for hydroxylation is 1. The summed E-state index contributed by atoms with van der Waals surface area (Å²) in [7, 11) is 0. The number of hydrogen-bond donors (Lipinski definition) is 4. The Hall–Kier alpha value is -5.82. The van der Waals surface area contributed by atoms with E-state index in [9.17, 15) is 24.6 Å². The van der Waals surface area contributed by atoms with Crippen molar-refractivity contribution in [2.75, 3.05) is 39.3 Å². The lowest BCUT2D eigenvalue weighted by Crippen LogP contribution is -2.57. The van der Waals surface area contributed by atoms with Crippen molar-refractivity contribution >= 4 is 40.2 Å². The van der Waals surface area contributed by atoms with E-state index in [0.29, 0.717) is 26.0 Å². The standard InChI is InChI=1S/C57H73N5O6S/c1-7-49(42-17-13-12-14-18-42)52(43-24-28-46(63)29-25-43)44-26-30-48(31-27-44)68-36-35-61(8-2)34-16-11-9-10-15-19-51(65)60-54(57(4,5)6)56(67)62-38-47(64)37-50(62)55(66)58-33-32-41-20-22-45(23-21-41)53-40(3)59-39-69-53/h12-14,17-18,20-31,39,47,50,54,63-64H,7-11,15-16,19,32-38H2,1-6H3,(H,58,66)(H,60,65)/b52-49-/t47-,50-,54+/m0/s1. The van der Waals surface area contributed by atoms with Gasteiger partial charge >= 0.3 is 0 Å². The number of thiazole rings is 1. The molecule has 1 aliphatic rings. The number of rotatable bonds is 24. The lowest BCUT2D eigenvalue weighted by atomic mass is 9.85. The molecule has 1 saturated heterocycles. The third-order valence-electron chi connectivity index (χ3n) is 13.0. The average molecular weight is 956 g/mol. The summed E-state index contributed by atoms with van der Waals surface area (Å²) >= 11 is 1.61. The number of nitrogens with one attached hydrogen (secondary N) is 2. The SMILES string of the molecule is CC/C(=C(\c1ccc(O)cc1)c1ccc(OCCN(CC)CCCCCCCC(=O)N[C@H](C(=O)N2C[C@@H](O)C[C@H]2C(=O)NCCc2ccc(-c3scnc3C)cc2)C(C)(C)C)cc1)c1ccccc1. The summed E-state index contributed by atoms with van der Waals surface area (Å²) in [6, 6.07) is 32.8. The van der Waals surface area contributed by atoms with E-state index >= 15 is 0 Å². The smallest absolute Gasteiger partial charge is 0.246 e. The zero-order valence-electron chi connectivity index (χ0n) is 41.5. The first kappa shape index (κ1) is 52.5. The van der Waals surface area contributed by atoms with Gasteiger partial charge in [-0.05, 0) is 114 Å². The lowest BCUT2D eigenvalue weighted by Gasteiger charge is -2.35. The van der Waals surface area contributed by atoms with E-state index in [1.807, 2.05) is 63.5 Å². The van der Waals surface area contributed by atoms with Gasteiger partial charge in [-0.3, -0.25) is 14.4 Å². The van der Waals surface area contributed by atoms with Crippen LogP contribution in [0.25, 0.3) is 21.6 Å². The first-order valence-corrected chi connectivity index (χ1v) is 25.7. The Morgan fingerprint density at radius 3 is 2.16 bits per heavy atom. The quantitative estimate of drug-likeness (QED) is 0.0354. The summed E-state index contributed by atoms with van der Waals surface area (Å²) in [5.74, 6) is 0.249. The van der Waals surface area contributed by atoms with E-state index in [1.54, 1.807) is 23.5 Å². The van der Waals surface area contributed by atoms with Gasteiger partial charge in [0.15, 0.2) is 0 Å². The molecule has 5 aromatic rings. The second-order valence-corrected chi connectivity index (χ2v) is 20.1. The van der Waals surface area contributed by atoms with E-state index in [4.69, 9.17) is 4.74 Å². The minimum atomic E-state index is -0.838. The summed E-state index contributed by atoms with van der Waals surface area (Å²) in [6.07, 6.45) is 5.90. The number of amides is 3. The average Bonchev–Trinajstić information content (AvgIpc) is 3.97. The number of nitrogens with zero attached hydrogens (tertiary/aromatic N) is 3. The Bertz CT molecular complexity index is 2430. The Morgan fingerprint density at radius 1 is 0.855 bits per heavy atom. The number of unbranched alkanes of at least 4 members (excludes halogenated alkanes) is 4. The fourth-order valence-electron chi connectivity index (χ4n) is 9.10. The maximum atomic E-state index is 14.1. The van der Waals surface area contributed by atoms with E-state index in [0.717, 1.165) is 102 Å². The minimum Gasteiger partial charge on any atom is -0.508 e. The van der Waals surface area contributed by atoms with Crippen LogP contribution in [0.2, 0.25) is 0 Å². The number of likely N-dealkylation sites (N-methyl/N-ethyl adjacent to an activating group) is 1. The number of aliphatic hydroxyl groups is 1. The van der Waals surface area contributed by atoms with Crippen molar-refractivity contribution in [2.24, 2.45) is 5.41 Å². The van der Waals surface area contributed by atoms with Crippen LogP contribution in [0.3, 0.4) is 0 Å². The van der Waals surface area contributed by atoms with Crippen LogP contribution >= 0.6 is 11.3 Å². The molecule has 0 aliphatic carbocycles. The molecule has 4 aromatic carbocycles. The summed E-state index contributed by atoms with van der Waals surface area (Å²) in [4.78, 5) is 50.1. The van der Waals surface area contributed by atoms with Gasteiger partial charge in [-0.2, -0.15) is 0 Å². The molecule has 368 valence electrons. The number of allylic oxidation sites excluding steroid dienone is 1. The largest absolute Gasteiger partial charge is 0.508 e.